The molecule has 2 aromatic carbocycles. The topological polar surface area (TPSA) is 88.0 Å². The van der Waals surface area contributed by atoms with Gasteiger partial charge in [-0.3, -0.25) is 4.79 Å². The Morgan fingerprint density at radius 1 is 1.11 bits per heavy atom. The first kappa shape index (κ1) is 24.3. The predicted octanol–water partition coefficient (Wildman–Crippen LogP) is 4.14. The lowest BCUT2D eigenvalue weighted by atomic mass is 10.1. The van der Waals surface area contributed by atoms with Gasteiger partial charge in [-0.25, -0.2) is 14.6 Å². The Kier molecular flexibility index (Phi) is 6.20. The molecule has 1 aliphatic heterocycles. The van der Waals surface area contributed by atoms with Crippen LogP contribution in [0.4, 0.5) is 19.0 Å². The summed E-state index contributed by atoms with van der Waals surface area (Å²) in [6.07, 6.45) is -1.30. The Hall–Kier alpha value is -4.03. The second-order valence-electron chi connectivity index (χ2n) is 8.98. The number of nitrogens with zero attached hydrogens (tertiary/aromatic N) is 5. The normalized spacial score (nSPS) is 16.3. The minimum atomic E-state index is -4.41. The molecule has 1 saturated heterocycles. The van der Waals surface area contributed by atoms with Crippen molar-refractivity contribution in [3.05, 3.63) is 77.6 Å². The lowest BCUT2D eigenvalue weighted by Crippen LogP contribution is -2.57. The smallest absolute Gasteiger partial charge is 0.353 e. The predicted molar refractivity (Wildman–Crippen MR) is 139 cm³/mol. The number of halogens is 3. The van der Waals surface area contributed by atoms with E-state index in [-0.39, 0.29) is 5.91 Å². The summed E-state index contributed by atoms with van der Waals surface area (Å²) in [6, 6.07) is 12.4. The van der Waals surface area contributed by atoms with Gasteiger partial charge in [0.05, 0.1) is 16.6 Å². The van der Waals surface area contributed by atoms with Gasteiger partial charge in [-0.1, -0.05) is 18.2 Å². The number of fused-ring (bicyclic) bond motifs is 2. The molecule has 1 amide bonds. The first-order chi connectivity index (χ1) is 18.4. The summed E-state index contributed by atoms with van der Waals surface area (Å²) in [6.45, 7) is 2.04. The number of rotatable bonds is 5. The Morgan fingerprint density at radius 2 is 1.92 bits per heavy atom. The van der Waals surface area contributed by atoms with E-state index in [0.29, 0.717) is 48.7 Å². The third-order valence-corrected chi connectivity index (χ3v) is 7.57. The maximum atomic E-state index is 13.0. The molecule has 38 heavy (non-hydrogen) atoms. The van der Waals surface area contributed by atoms with Gasteiger partial charge in [0.15, 0.2) is 5.65 Å². The molecule has 0 radical (unpaired) electrons. The molecule has 0 bridgehead atoms. The minimum absolute atomic E-state index is 0.101. The Morgan fingerprint density at radius 3 is 2.74 bits per heavy atom. The van der Waals surface area contributed by atoms with Crippen LogP contribution in [0.15, 0.2) is 66.4 Å². The number of hydrogen-bond acceptors (Lipinski definition) is 7. The fraction of sp³-hybridized carbons (Fsp3) is 0.231. The lowest BCUT2D eigenvalue weighted by molar-refractivity contribution is -0.137. The molecule has 3 aromatic heterocycles. The molecule has 1 aliphatic rings. The third-order valence-electron chi connectivity index (χ3n) is 6.56. The van der Waals surface area contributed by atoms with E-state index in [1.807, 2.05) is 17.0 Å². The van der Waals surface area contributed by atoms with Gasteiger partial charge in [-0.2, -0.15) is 13.2 Å². The molecule has 4 heterocycles. The number of carbonyl (C=O) groups excluding carboxylic acids is 1. The van der Waals surface area contributed by atoms with Crippen LogP contribution in [0.1, 0.15) is 11.1 Å². The van der Waals surface area contributed by atoms with Crippen molar-refractivity contribution in [1.82, 2.24) is 30.4 Å². The quantitative estimate of drug-likeness (QED) is 0.351. The molecule has 1 atom stereocenters. The zero-order valence-corrected chi connectivity index (χ0v) is 20.8. The summed E-state index contributed by atoms with van der Waals surface area (Å²) in [4.78, 5) is 23.7. The number of piperazine rings is 1. The van der Waals surface area contributed by atoms with Crippen LogP contribution >= 0.6 is 11.3 Å². The van der Waals surface area contributed by atoms with Crippen LogP contribution in [-0.2, 0) is 17.5 Å². The fourth-order valence-electron chi connectivity index (χ4n) is 4.61. The number of carbonyl (C=O) groups is 1. The summed E-state index contributed by atoms with van der Waals surface area (Å²) >= 11 is 1.65. The second-order valence-corrected chi connectivity index (χ2v) is 9.89. The van der Waals surface area contributed by atoms with Gasteiger partial charge in [-0.05, 0) is 46.7 Å². The van der Waals surface area contributed by atoms with Crippen molar-refractivity contribution >= 4 is 44.2 Å². The number of hydrogen-bond donors (Lipinski definition) is 2. The van der Waals surface area contributed by atoms with Crippen molar-refractivity contribution in [2.24, 2.45) is 0 Å². The van der Waals surface area contributed by atoms with E-state index >= 15 is 0 Å². The van der Waals surface area contributed by atoms with E-state index in [2.05, 4.69) is 43.2 Å². The molecule has 0 spiro atoms. The highest BCUT2D eigenvalue weighted by molar-refractivity contribution is 7.17. The van der Waals surface area contributed by atoms with Gasteiger partial charge in [0, 0.05) is 37.1 Å². The molecule has 1 fully saturated rings. The van der Waals surface area contributed by atoms with Gasteiger partial charge >= 0.3 is 6.18 Å². The maximum Gasteiger partial charge on any atom is 0.416 e. The molecule has 1 unspecified atom stereocenters. The average molecular weight is 538 g/mol. The zero-order valence-electron chi connectivity index (χ0n) is 19.9. The molecule has 0 saturated carbocycles. The number of aromatic nitrogens is 4. The van der Waals surface area contributed by atoms with Crippen molar-refractivity contribution in [2.75, 3.05) is 24.5 Å². The monoisotopic (exact) mass is 537 g/mol. The average Bonchev–Trinajstić information content (AvgIpc) is 3.56. The first-order valence-corrected chi connectivity index (χ1v) is 12.8. The van der Waals surface area contributed by atoms with Crippen molar-refractivity contribution in [1.29, 1.82) is 0 Å². The van der Waals surface area contributed by atoms with E-state index in [4.69, 9.17) is 0 Å². The van der Waals surface area contributed by atoms with E-state index in [1.165, 1.54) is 27.8 Å². The van der Waals surface area contributed by atoms with Crippen molar-refractivity contribution in [3.63, 3.8) is 0 Å². The largest absolute Gasteiger partial charge is 0.416 e. The zero-order chi connectivity index (χ0) is 26.3. The van der Waals surface area contributed by atoms with Crippen LogP contribution < -0.4 is 15.5 Å². The standard InChI is InChI=1S/C26H22F3N7OS/c27-26(28,29)17-5-7-18(8-6-17)36-12-20-23(34-36)32-15-33-24(20)35-10-9-30-21(13-35)25(37)31-11-16-14-38-22-4-2-1-3-19(16)22/h1-8,12,14-15,21,30H,9-11,13H2,(H,31,37). The molecule has 8 nitrogen and oxygen atoms in total. The Balaban J connectivity index is 1.18. The summed E-state index contributed by atoms with van der Waals surface area (Å²) < 4.78 is 41.5. The molecule has 6 rings (SSSR count). The van der Waals surface area contributed by atoms with Gasteiger partial charge in [0.1, 0.15) is 18.2 Å². The number of nitrogens with one attached hydrogen (secondary N) is 2. The minimum Gasteiger partial charge on any atom is -0.353 e. The number of thiophene rings is 1. The van der Waals surface area contributed by atoms with Crippen molar-refractivity contribution in [3.8, 4) is 5.69 Å². The third kappa shape index (κ3) is 4.68. The maximum absolute atomic E-state index is 13.0. The van der Waals surface area contributed by atoms with Crippen LogP contribution in [0.5, 0.6) is 0 Å². The second kappa shape index (κ2) is 9.69. The van der Waals surface area contributed by atoms with Crippen LogP contribution in [0.25, 0.3) is 26.8 Å². The number of amides is 1. The number of anilines is 1. The van der Waals surface area contributed by atoms with Crippen LogP contribution in [0, 0.1) is 0 Å². The van der Waals surface area contributed by atoms with Gasteiger partial charge in [0.25, 0.3) is 0 Å². The highest BCUT2D eigenvalue weighted by Crippen LogP contribution is 2.30. The lowest BCUT2D eigenvalue weighted by Gasteiger charge is -2.33. The molecule has 2 N–H and O–H groups in total. The summed E-state index contributed by atoms with van der Waals surface area (Å²) in [5, 5.41) is 14.6. The number of benzene rings is 2. The molecule has 194 valence electrons. The van der Waals surface area contributed by atoms with E-state index in [0.717, 1.165) is 23.1 Å². The van der Waals surface area contributed by atoms with Crippen LogP contribution in [0.2, 0.25) is 0 Å². The summed E-state index contributed by atoms with van der Waals surface area (Å²) in [7, 11) is 0. The Labute approximate surface area is 219 Å². The highest BCUT2D eigenvalue weighted by atomic mass is 32.1. The highest BCUT2D eigenvalue weighted by Gasteiger charge is 2.30. The SMILES string of the molecule is O=C(NCc1csc2ccccc12)C1CN(c2ncnc3nn(-c4ccc(C(F)(F)F)cc4)cc23)CCN1. The summed E-state index contributed by atoms with van der Waals surface area (Å²) in [5.41, 5.74) is 1.25. The van der Waals surface area contributed by atoms with E-state index in [9.17, 15) is 18.0 Å². The van der Waals surface area contributed by atoms with Gasteiger partial charge < -0.3 is 15.5 Å². The van der Waals surface area contributed by atoms with Crippen LogP contribution in [-0.4, -0.2) is 51.3 Å². The molecule has 12 heteroatoms. The summed E-state index contributed by atoms with van der Waals surface area (Å²) in [5.74, 6) is 0.520. The molecular formula is C26H22F3N7OS. The van der Waals surface area contributed by atoms with Crippen molar-refractivity contribution < 1.29 is 18.0 Å². The van der Waals surface area contributed by atoms with E-state index in [1.54, 1.807) is 17.5 Å². The number of alkyl halides is 3. The molecular weight excluding hydrogens is 515 g/mol. The van der Waals surface area contributed by atoms with Crippen molar-refractivity contribution in [2.45, 2.75) is 18.8 Å². The van der Waals surface area contributed by atoms with Crippen LogP contribution in [0.3, 0.4) is 0 Å². The molecule has 5 aromatic rings. The van der Waals surface area contributed by atoms with Gasteiger partial charge in [-0.15, -0.1) is 16.4 Å². The van der Waals surface area contributed by atoms with Gasteiger partial charge in [0.2, 0.25) is 5.91 Å². The first-order valence-electron chi connectivity index (χ1n) is 12.0. The van der Waals surface area contributed by atoms with E-state index < -0.39 is 17.8 Å². The fourth-order valence-corrected chi connectivity index (χ4v) is 5.57. The molecule has 0 aliphatic carbocycles. The Bertz CT molecular complexity index is 1610.